The van der Waals surface area contributed by atoms with Crippen LogP contribution in [0.4, 0.5) is 0 Å². The summed E-state index contributed by atoms with van der Waals surface area (Å²) in [5, 5.41) is 37.6. The molecular weight excluding hydrogens is 1080 g/mol. The third kappa shape index (κ3) is 12.6. The molecule has 6 aromatic heterocycles. The highest BCUT2D eigenvalue weighted by atomic mass is 32.1. The number of amides is 2. The number of likely N-dealkylation sites (N-methyl/N-ethyl adjacent to an activating group) is 2. The Morgan fingerprint density at radius 2 is 0.914 bits per heavy atom. The summed E-state index contributed by atoms with van der Waals surface area (Å²) in [7, 11) is 6.36. The predicted octanol–water partition coefficient (Wildman–Crippen LogP) is 5.24. The number of aliphatic hydroxyl groups excluding tert-OH is 2. The van der Waals surface area contributed by atoms with Crippen molar-refractivity contribution in [2.24, 2.45) is 0 Å². The van der Waals surface area contributed by atoms with E-state index in [1.54, 1.807) is 53.9 Å². The van der Waals surface area contributed by atoms with Gasteiger partial charge in [-0.05, 0) is 67.5 Å². The van der Waals surface area contributed by atoms with E-state index in [2.05, 4.69) is 20.4 Å². The molecule has 2 aromatic carbocycles. The fourth-order valence-electron chi connectivity index (χ4n) is 9.12. The van der Waals surface area contributed by atoms with Gasteiger partial charge in [-0.15, -0.1) is 9.59 Å². The molecule has 1 unspecified atom stereocenters. The first-order valence-corrected chi connectivity index (χ1v) is 27.4. The highest BCUT2D eigenvalue weighted by Crippen LogP contribution is 2.36. The minimum atomic E-state index is -1.06. The number of nitrogens with zero attached hydrogens (tertiary/aromatic N) is 12. The van der Waals surface area contributed by atoms with Crippen molar-refractivity contribution in [3.05, 3.63) is 137 Å². The highest BCUT2D eigenvalue weighted by molar-refractivity contribution is 7.21. The van der Waals surface area contributed by atoms with Crippen molar-refractivity contribution in [2.75, 3.05) is 54.7 Å². The topological polar surface area (TPSA) is 267 Å². The number of carbonyl (C=O) groups excluding carboxylic acids is 2. The van der Waals surface area contributed by atoms with Crippen LogP contribution < -0.4 is 32.0 Å². The Kier molecular flexibility index (Phi) is 21.0. The van der Waals surface area contributed by atoms with Gasteiger partial charge in [0, 0.05) is 48.4 Å². The van der Waals surface area contributed by atoms with Crippen molar-refractivity contribution in [1.29, 1.82) is 0 Å². The van der Waals surface area contributed by atoms with Gasteiger partial charge in [0.15, 0.2) is 0 Å². The largest absolute Gasteiger partial charge is 0.496 e. The zero-order valence-corrected chi connectivity index (χ0v) is 48.4. The molecule has 0 radical (unpaired) electrons. The standard InChI is InChI=1S/2C27H34N6O6S.CH4/c2*1-16(2)30(5)23(35)18(4)32-24(36)22-17(3)25(33-28-11-12-29-33)40-26(22)31(27(32)37)15-21(39-14-13-34)19-9-7-8-10-20(19)38-6;/h2*7-12,16,18,21,34H,13-15H2,1-6H3;1H4/t18?,21-;18-,21-;/m00./s1. The van der Waals surface area contributed by atoms with Gasteiger partial charge < -0.3 is 39.0 Å². The van der Waals surface area contributed by atoms with E-state index in [1.807, 2.05) is 64.1 Å². The molecule has 24 nitrogen and oxygen atoms in total. The molecule has 0 saturated carbocycles. The van der Waals surface area contributed by atoms with Gasteiger partial charge >= 0.3 is 11.4 Å². The molecule has 0 aliphatic carbocycles. The Bertz CT molecular complexity index is 3450. The molecule has 81 heavy (non-hydrogen) atoms. The number of para-hydroxylation sites is 2. The molecule has 436 valence electrons. The van der Waals surface area contributed by atoms with Gasteiger partial charge in [0.25, 0.3) is 11.1 Å². The number of carbonyl (C=O) groups is 2. The van der Waals surface area contributed by atoms with E-state index in [4.69, 9.17) is 18.9 Å². The van der Waals surface area contributed by atoms with E-state index < -0.39 is 46.8 Å². The van der Waals surface area contributed by atoms with Crippen LogP contribution in [0.2, 0.25) is 0 Å². The van der Waals surface area contributed by atoms with E-state index >= 15 is 0 Å². The molecule has 8 rings (SSSR count). The van der Waals surface area contributed by atoms with E-state index in [0.29, 0.717) is 64.2 Å². The van der Waals surface area contributed by atoms with Crippen molar-refractivity contribution in [2.45, 2.75) is 112 Å². The predicted molar refractivity (Wildman–Crippen MR) is 310 cm³/mol. The number of thiophene rings is 2. The van der Waals surface area contributed by atoms with Gasteiger partial charge in [0.05, 0.1) is 89.3 Å². The fraction of sp³-hybridized carbons (Fsp3) is 0.455. The number of aliphatic hydroxyl groups is 2. The zero-order chi connectivity index (χ0) is 58.3. The molecule has 0 aliphatic heterocycles. The van der Waals surface area contributed by atoms with Crippen molar-refractivity contribution in [3.8, 4) is 21.5 Å². The number of methoxy groups -OCH3 is 2. The number of aromatic nitrogens is 10. The maximum Gasteiger partial charge on any atom is 0.332 e. The van der Waals surface area contributed by atoms with E-state index in [1.165, 1.54) is 90.2 Å². The summed E-state index contributed by atoms with van der Waals surface area (Å²) in [5.74, 6) is 0.377. The second-order valence-corrected chi connectivity index (χ2v) is 21.2. The lowest BCUT2D eigenvalue weighted by Gasteiger charge is -2.27. The summed E-state index contributed by atoms with van der Waals surface area (Å²) >= 11 is 2.41. The average molecular weight is 1160 g/mol. The number of hydrogen-bond acceptors (Lipinski definition) is 18. The lowest BCUT2D eigenvalue weighted by atomic mass is 10.1. The van der Waals surface area contributed by atoms with Crippen LogP contribution in [0.5, 0.6) is 11.5 Å². The van der Waals surface area contributed by atoms with Gasteiger partial charge in [-0.25, -0.2) is 18.7 Å². The second kappa shape index (κ2) is 27.2. The quantitative estimate of drug-likeness (QED) is 0.0879. The van der Waals surface area contributed by atoms with Crippen molar-refractivity contribution < 1.29 is 38.7 Å². The number of rotatable bonds is 22. The second-order valence-electron chi connectivity index (χ2n) is 19.3. The highest BCUT2D eigenvalue weighted by Gasteiger charge is 2.33. The van der Waals surface area contributed by atoms with Crippen LogP contribution in [0.1, 0.15) is 95.5 Å². The van der Waals surface area contributed by atoms with Crippen molar-refractivity contribution in [1.82, 2.24) is 58.1 Å². The Hall–Kier alpha value is -7.62. The lowest BCUT2D eigenvalue weighted by Crippen LogP contribution is -2.47. The van der Waals surface area contributed by atoms with Crippen LogP contribution in [-0.4, -0.2) is 147 Å². The number of hydrogen-bond donors (Lipinski definition) is 2. The van der Waals surface area contributed by atoms with Crippen LogP contribution in [0.15, 0.2) is 92.5 Å². The van der Waals surface area contributed by atoms with Crippen LogP contribution in [0.3, 0.4) is 0 Å². The summed E-state index contributed by atoms with van der Waals surface area (Å²) in [4.78, 5) is 89.4. The van der Waals surface area contributed by atoms with Crippen molar-refractivity contribution >= 4 is 54.9 Å². The van der Waals surface area contributed by atoms with Crippen LogP contribution in [0, 0.1) is 13.8 Å². The molecule has 0 bridgehead atoms. The summed E-state index contributed by atoms with van der Waals surface area (Å²) in [5.41, 5.74) is 0.0900. The minimum Gasteiger partial charge on any atom is -0.496 e. The Morgan fingerprint density at radius 3 is 1.22 bits per heavy atom. The first-order chi connectivity index (χ1) is 38.2. The first-order valence-electron chi connectivity index (χ1n) is 25.8. The van der Waals surface area contributed by atoms with E-state index in [-0.39, 0.29) is 70.8 Å². The summed E-state index contributed by atoms with van der Waals surface area (Å²) in [6, 6.07) is 12.1. The van der Waals surface area contributed by atoms with Gasteiger partial charge in [-0.1, -0.05) is 66.5 Å². The van der Waals surface area contributed by atoms with E-state index in [9.17, 15) is 39.0 Å². The Labute approximate surface area is 475 Å². The number of benzene rings is 2. The number of aryl methyl sites for hydroxylation is 2. The molecule has 2 N–H and O–H groups in total. The van der Waals surface area contributed by atoms with Crippen LogP contribution >= 0.6 is 22.7 Å². The van der Waals surface area contributed by atoms with Gasteiger partial charge in [-0.2, -0.15) is 20.4 Å². The fourth-order valence-corrected chi connectivity index (χ4v) is 11.6. The van der Waals surface area contributed by atoms with Crippen molar-refractivity contribution in [3.63, 3.8) is 0 Å². The van der Waals surface area contributed by atoms with Gasteiger partial charge in [-0.3, -0.25) is 28.3 Å². The summed E-state index contributed by atoms with van der Waals surface area (Å²) < 4.78 is 28.0. The zero-order valence-electron chi connectivity index (χ0n) is 46.8. The lowest BCUT2D eigenvalue weighted by molar-refractivity contribution is -0.135. The maximum atomic E-state index is 14.1. The van der Waals surface area contributed by atoms with E-state index in [0.717, 1.165) is 9.13 Å². The molecular formula is C55H72N12O12S2. The molecule has 8 aromatic rings. The Balaban J connectivity index is 0.000000258. The maximum absolute atomic E-state index is 14.1. The third-order valence-electron chi connectivity index (χ3n) is 13.9. The number of fused-ring (bicyclic) bond motifs is 2. The van der Waals surface area contributed by atoms with Crippen LogP contribution in [0.25, 0.3) is 30.4 Å². The molecule has 0 saturated heterocycles. The minimum absolute atomic E-state index is 0. The molecule has 4 atom stereocenters. The third-order valence-corrected chi connectivity index (χ3v) is 16.4. The molecule has 6 heterocycles. The summed E-state index contributed by atoms with van der Waals surface area (Å²) in [6.45, 7) is 13.6. The van der Waals surface area contributed by atoms with Crippen LogP contribution in [-0.2, 0) is 32.2 Å². The molecule has 26 heteroatoms. The Morgan fingerprint density at radius 1 is 0.580 bits per heavy atom. The molecule has 0 aliphatic rings. The van der Waals surface area contributed by atoms with Gasteiger partial charge in [0.1, 0.15) is 55.5 Å². The molecule has 0 spiro atoms. The molecule has 2 amide bonds. The normalized spacial score (nSPS) is 12.9. The summed E-state index contributed by atoms with van der Waals surface area (Å²) in [6.07, 6.45) is 4.67. The SMILES string of the molecule is C.COc1ccccc1[C@H](Cn1c(=O)n(C(C)C(=O)N(C)C(C)C)c(=O)c2c(C)c(-n3nccn3)sc21)OCCO.COc1ccccc1[C@H](Cn1c(=O)n([C@@H](C)C(=O)N(C)C(C)C)c(=O)c2c(C)c(-n3nccn3)sc21)OCCO. The monoisotopic (exact) mass is 1160 g/mol. The average Bonchev–Trinajstić information content (AvgIpc) is 3.58. The molecule has 0 fully saturated rings. The van der Waals surface area contributed by atoms with Gasteiger partial charge in [0.2, 0.25) is 11.8 Å². The smallest absolute Gasteiger partial charge is 0.332 e. The first kappa shape index (κ1) is 62.6. The number of ether oxygens (including phenoxy) is 4.